The first-order valence-electron chi connectivity index (χ1n) is 10.6. The van der Waals surface area contributed by atoms with Crippen molar-refractivity contribution in [1.82, 2.24) is 4.98 Å². The fourth-order valence-corrected chi connectivity index (χ4v) is 4.63. The number of hydrogen-bond acceptors (Lipinski definition) is 9. The number of benzene rings is 2. The third-order valence-electron chi connectivity index (χ3n) is 5.31. The topological polar surface area (TPSA) is 145 Å². The summed E-state index contributed by atoms with van der Waals surface area (Å²) in [6.45, 7) is 2.11. The van der Waals surface area contributed by atoms with Gasteiger partial charge in [0.05, 0.1) is 16.9 Å². The van der Waals surface area contributed by atoms with Gasteiger partial charge in [-0.3, -0.25) is 4.79 Å². The lowest BCUT2D eigenvalue weighted by molar-refractivity contribution is -0.142. The number of fused-ring (bicyclic) bond motifs is 3. The monoisotopic (exact) mass is 492 g/mol. The molecule has 10 nitrogen and oxygen atoms in total. The van der Waals surface area contributed by atoms with E-state index >= 15 is 0 Å². The highest BCUT2D eigenvalue weighted by molar-refractivity contribution is 7.21. The first kappa shape index (κ1) is 22.4. The number of ether oxygens (including phenoxy) is 2. The van der Waals surface area contributed by atoms with Gasteiger partial charge in [-0.2, -0.15) is 0 Å². The second-order valence-corrected chi connectivity index (χ2v) is 8.75. The SMILES string of the molecule is C/C(=N\OCC(=O)O)c1cccc(NC(=O)c2sc3nc4cc5c(cc4cc3c2N)OCCO5)c1. The molecule has 3 heterocycles. The predicted molar refractivity (Wildman–Crippen MR) is 133 cm³/mol. The van der Waals surface area contributed by atoms with Gasteiger partial charge in [0.25, 0.3) is 5.91 Å². The number of aliphatic carboxylic acids is 1. The predicted octanol–water partition coefficient (Wildman–Crippen LogP) is 3.88. The summed E-state index contributed by atoms with van der Waals surface area (Å²) in [5.74, 6) is -0.185. The van der Waals surface area contributed by atoms with E-state index in [1.54, 1.807) is 31.2 Å². The Morgan fingerprint density at radius 3 is 2.74 bits per heavy atom. The molecule has 0 atom stereocenters. The van der Waals surface area contributed by atoms with Crippen LogP contribution in [-0.4, -0.2) is 47.5 Å². The van der Waals surface area contributed by atoms with Gasteiger partial charge in [-0.05, 0) is 31.2 Å². The van der Waals surface area contributed by atoms with Gasteiger partial charge in [0, 0.05) is 28.1 Å². The molecule has 0 spiro atoms. The lowest BCUT2D eigenvalue weighted by Crippen LogP contribution is -2.15. The zero-order valence-corrected chi connectivity index (χ0v) is 19.3. The average Bonchev–Trinajstić information content (AvgIpc) is 3.16. The summed E-state index contributed by atoms with van der Waals surface area (Å²) >= 11 is 1.21. The number of nitrogens with zero attached hydrogens (tertiary/aromatic N) is 2. The van der Waals surface area contributed by atoms with Gasteiger partial charge < -0.3 is 30.5 Å². The molecule has 1 amide bonds. The van der Waals surface area contributed by atoms with E-state index in [1.165, 1.54) is 11.3 Å². The van der Waals surface area contributed by atoms with Gasteiger partial charge in [0.1, 0.15) is 22.9 Å². The van der Waals surface area contributed by atoms with E-state index in [9.17, 15) is 9.59 Å². The number of thiophene rings is 1. The van der Waals surface area contributed by atoms with Gasteiger partial charge in [-0.25, -0.2) is 9.78 Å². The fraction of sp³-hybridized carbons (Fsp3) is 0.167. The van der Waals surface area contributed by atoms with Crippen molar-refractivity contribution in [2.45, 2.75) is 6.92 Å². The average molecular weight is 493 g/mol. The minimum Gasteiger partial charge on any atom is -0.486 e. The molecule has 2 aromatic heterocycles. The molecule has 35 heavy (non-hydrogen) atoms. The molecule has 0 saturated carbocycles. The highest BCUT2D eigenvalue weighted by atomic mass is 32.1. The van der Waals surface area contributed by atoms with Crippen molar-refractivity contribution in [3.63, 3.8) is 0 Å². The smallest absolute Gasteiger partial charge is 0.344 e. The lowest BCUT2D eigenvalue weighted by Gasteiger charge is -2.18. The van der Waals surface area contributed by atoms with E-state index in [-0.39, 0.29) is 5.91 Å². The van der Waals surface area contributed by atoms with E-state index in [1.807, 2.05) is 18.2 Å². The maximum atomic E-state index is 13.1. The number of nitrogen functional groups attached to an aromatic ring is 1. The second-order valence-electron chi connectivity index (χ2n) is 7.75. The quantitative estimate of drug-likeness (QED) is 0.272. The van der Waals surface area contributed by atoms with Crippen LogP contribution >= 0.6 is 11.3 Å². The zero-order chi connectivity index (χ0) is 24.5. The highest BCUT2D eigenvalue weighted by Gasteiger charge is 2.20. The Morgan fingerprint density at radius 2 is 1.97 bits per heavy atom. The number of hydrogen-bond donors (Lipinski definition) is 3. The van der Waals surface area contributed by atoms with Crippen LogP contribution in [0.1, 0.15) is 22.2 Å². The summed E-state index contributed by atoms with van der Waals surface area (Å²) in [5.41, 5.74) is 9.08. The van der Waals surface area contributed by atoms with Crippen molar-refractivity contribution in [2.75, 3.05) is 30.9 Å². The van der Waals surface area contributed by atoms with E-state index in [4.69, 9.17) is 25.2 Å². The van der Waals surface area contributed by atoms with Crippen molar-refractivity contribution in [1.29, 1.82) is 0 Å². The van der Waals surface area contributed by atoms with Crippen LogP contribution in [0.2, 0.25) is 0 Å². The minimum atomic E-state index is -1.12. The van der Waals surface area contributed by atoms with Gasteiger partial charge in [-0.1, -0.05) is 17.3 Å². The van der Waals surface area contributed by atoms with E-state index in [0.717, 1.165) is 10.9 Å². The first-order valence-corrected chi connectivity index (χ1v) is 11.4. The van der Waals surface area contributed by atoms with E-state index < -0.39 is 12.6 Å². The Morgan fingerprint density at radius 1 is 1.20 bits per heavy atom. The molecule has 0 unspecified atom stereocenters. The normalized spacial score (nSPS) is 13.1. The van der Waals surface area contributed by atoms with E-state index in [0.29, 0.717) is 62.5 Å². The number of nitrogens with two attached hydrogens (primary N) is 1. The third-order valence-corrected chi connectivity index (χ3v) is 6.43. The Balaban J connectivity index is 1.41. The number of carboxylic acids is 1. The number of carboxylic acid groups (broad SMARTS) is 1. The molecular formula is C24H20N4O6S. The summed E-state index contributed by atoms with van der Waals surface area (Å²) in [6, 6.07) is 12.5. The summed E-state index contributed by atoms with van der Waals surface area (Å²) < 4.78 is 11.3. The number of pyridine rings is 1. The summed E-state index contributed by atoms with van der Waals surface area (Å²) in [5, 5.41) is 16.8. The zero-order valence-electron chi connectivity index (χ0n) is 18.5. The van der Waals surface area contributed by atoms with Crippen molar-refractivity contribution >= 4 is 61.4 Å². The number of nitrogens with one attached hydrogen (secondary N) is 1. The van der Waals surface area contributed by atoms with Crippen LogP contribution in [0.4, 0.5) is 11.4 Å². The van der Waals surface area contributed by atoms with Crippen LogP contribution in [-0.2, 0) is 9.63 Å². The third kappa shape index (κ3) is 4.53. The van der Waals surface area contributed by atoms with Crippen LogP contribution in [0, 0.1) is 0 Å². The molecule has 0 aliphatic carbocycles. The maximum absolute atomic E-state index is 13.1. The maximum Gasteiger partial charge on any atom is 0.344 e. The number of anilines is 2. The number of amides is 1. The minimum absolute atomic E-state index is 0.348. The summed E-state index contributed by atoms with van der Waals surface area (Å²) in [4.78, 5) is 34.1. The molecule has 0 saturated heterocycles. The Bertz CT molecular complexity index is 1510. The lowest BCUT2D eigenvalue weighted by atomic mass is 10.1. The molecule has 4 N–H and O–H groups in total. The standard InChI is InChI=1S/C24H20N4O6S/c1-12(28-34-11-20(29)30)13-3-2-4-15(7-13)26-23(31)22-21(25)16-8-14-9-18-19(33-6-5-32-18)10-17(14)27-24(16)35-22/h2-4,7-10H,5-6,11,25H2,1H3,(H,26,31)(H,29,30)/b28-12+. The number of carbonyl (C=O) groups is 2. The van der Waals surface area contributed by atoms with Gasteiger partial charge in [0.2, 0.25) is 6.61 Å². The molecule has 4 aromatic rings. The van der Waals surface area contributed by atoms with Crippen LogP contribution in [0.15, 0.2) is 47.6 Å². The van der Waals surface area contributed by atoms with Gasteiger partial charge in [0.15, 0.2) is 11.5 Å². The van der Waals surface area contributed by atoms with Crippen LogP contribution in [0.25, 0.3) is 21.1 Å². The van der Waals surface area contributed by atoms with Crippen molar-refractivity contribution in [3.05, 3.63) is 52.9 Å². The Labute approximate surface area is 202 Å². The van der Waals surface area contributed by atoms with Crippen LogP contribution in [0.5, 0.6) is 11.5 Å². The molecule has 0 radical (unpaired) electrons. The number of carbonyl (C=O) groups excluding carboxylic acids is 1. The fourth-order valence-electron chi connectivity index (χ4n) is 3.65. The van der Waals surface area contributed by atoms with Gasteiger partial charge in [-0.15, -0.1) is 11.3 Å². The number of aromatic nitrogens is 1. The largest absolute Gasteiger partial charge is 0.486 e. The molecular weight excluding hydrogens is 472 g/mol. The first-order chi connectivity index (χ1) is 16.9. The molecule has 178 valence electrons. The molecule has 5 rings (SSSR count). The highest BCUT2D eigenvalue weighted by Crippen LogP contribution is 2.39. The van der Waals surface area contributed by atoms with E-state index in [2.05, 4.69) is 15.5 Å². The molecule has 1 aliphatic rings. The molecule has 1 aliphatic heterocycles. The molecule has 11 heteroatoms. The number of oxime groups is 1. The van der Waals surface area contributed by atoms with Gasteiger partial charge >= 0.3 is 5.97 Å². The van der Waals surface area contributed by atoms with Crippen LogP contribution < -0.4 is 20.5 Å². The van der Waals surface area contributed by atoms with Crippen molar-refractivity contribution in [2.24, 2.45) is 5.16 Å². The Kier molecular flexibility index (Phi) is 5.83. The summed E-state index contributed by atoms with van der Waals surface area (Å²) in [6.07, 6.45) is 0. The molecule has 0 bridgehead atoms. The Hall–Kier alpha value is -4.38. The molecule has 0 fully saturated rings. The van der Waals surface area contributed by atoms with Crippen LogP contribution in [0.3, 0.4) is 0 Å². The number of rotatable bonds is 6. The van der Waals surface area contributed by atoms with Crippen molar-refractivity contribution < 1.29 is 29.0 Å². The van der Waals surface area contributed by atoms with Crippen molar-refractivity contribution in [3.8, 4) is 11.5 Å². The second kappa shape index (κ2) is 9.11. The summed E-state index contributed by atoms with van der Waals surface area (Å²) in [7, 11) is 0. The molecule has 2 aromatic carbocycles.